The van der Waals surface area contributed by atoms with Crippen molar-refractivity contribution in [3.8, 4) is 0 Å². The molecule has 0 saturated carbocycles. The molecule has 0 aliphatic heterocycles. The van der Waals surface area contributed by atoms with Crippen LogP contribution in [0.5, 0.6) is 0 Å². The second kappa shape index (κ2) is 7.81. The van der Waals surface area contributed by atoms with Crippen LogP contribution in [0, 0.1) is 6.92 Å². The Morgan fingerprint density at radius 3 is 2.15 bits per heavy atom. The lowest BCUT2D eigenvalue weighted by atomic mass is 10.1. The van der Waals surface area contributed by atoms with Gasteiger partial charge in [0, 0.05) is 22.4 Å². The second-order valence-electron chi connectivity index (χ2n) is 9.06. The summed E-state index contributed by atoms with van der Waals surface area (Å²) in [5.41, 5.74) is 1.24. The highest BCUT2D eigenvalue weighted by Crippen LogP contribution is 3.02. The van der Waals surface area contributed by atoms with Crippen molar-refractivity contribution in [2.75, 3.05) is 24.0 Å². The first kappa shape index (κ1) is 26.2. The van der Waals surface area contributed by atoms with Crippen molar-refractivity contribution >= 4 is 45.1 Å². The molecule has 2 aromatic carbocycles. The number of fused-ring (bicyclic) bond motifs is 1. The Morgan fingerprint density at radius 2 is 1.59 bits per heavy atom. The average Bonchev–Trinajstić information content (AvgIpc) is 2.64. The first-order chi connectivity index (χ1) is 15.2. The van der Waals surface area contributed by atoms with Crippen molar-refractivity contribution in [2.24, 2.45) is 0 Å². The van der Waals surface area contributed by atoms with Gasteiger partial charge < -0.3 is 15.2 Å². The van der Waals surface area contributed by atoms with Crippen LogP contribution >= 0.6 is 17.4 Å². The van der Waals surface area contributed by atoms with Crippen LogP contribution in [0.4, 0.5) is 30.9 Å². The van der Waals surface area contributed by atoms with E-state index in [1.165, 1.54) is 6.07 Å². The van der Waals surface area contributed by atoms with Gasteiger partial charge in [-0.2, -0.15) is 0 Å². The molecule has 0 spiro atoms. The van der Waals surface area contributed by atoms with Crippen LogP contribution in [0.25, 0.3) is 10.9 Å². The normalized spacial score (nSPS) is 15.6. The molecule has 1 heterocycles. The van der Waals surface area contributed by atoms with E-state index in [0.717, 1.165) is 6.07 Å². The van der Waals surface area contributed by atoms with Gasteiger partial charge in [0.1, 0.15) is 23.7 Å². The molecule has 5 nitrogen and oxygen atoms in total. The third-order valence-corrected chi connectivity index (χ3v) is 7.78. The Bertz CT molecular complexity index is 1310. The number of halogens is 5. The lowest BCUT2D eigenvalue weighted by molar-refractivity contribution is 0.364. The van der Waals surface area contributed by atoms with Gasteiger partial charge in [0.2, 0.25) is 0 Å². The number of aromatic nitrogens is 2. The summed E-state index contributed by atoms with van der Waals surface area (Å²) in [7, 11) is -12.5. The van der Waals surface area contributed by atoms with Gasteiger partial charge >= 0.3 is 10.2 Å². The van der Waals surface area contributed by atoms with Gasteiger partial charge in [0.05, 0.1) is 11.6 Å². The number of nitrogens with one attached hydrogen (secondary N) is 2. The molecule has 3 rings (SSSR count). The minimum atomic E-state index is -9.81. The summed E-state index contributed by atoms with van der Waals surface area (Å²) < 4.78 is 79.5. The predicted octanol–water partition coefficient (Wildman–Crippen LogP) is 7.84. The number of hydrogen-bond acceptors (Lipinski definition) is 5. The van der Waals surface area contributed by atoms with Gasteiger partial charge in [0.15, 0.2) is 0 Å². The zero-order valence-electron chi connectivity index (χ0n) is 19.7. The fourth-order valence-corrected chi connectivity index (χ4v) is 5.42. The molecule has 12 heteroatoms. The van der Waals surface area contributed by atoms with E-state index in [0.29, 0.717) is 45.7 Å². The fraction of sp³-hybridized carbons (Fsp3) is 0.364. The first-order valence-electron chi connectivity index (χ1n) is 10.5. The van der Waals surface area contributed by atoms with Crippen LogP contribution in [0.15, 0.2) is 41.3 Å². The maximum Gasteiger partial charge on any atom is 0.310 e. The SMILES string of the molecule is Cc1nc(N[C@H](C)c2cccc(S(F)(F)(F)(F)F)c2)c2cc(P(C)(C)=O)c(NC(C)C)cc2n1. The molecule has 0 amide bonds. The van der Waals surface area contributed by atoms with Gasteiger partial charge in [-0.05, 0) is 70.9 Å². The molecule has 34 heavy (non-hydrogen) atoms. The third-order valence-electron chi connectivity index (χ3n) is 5.11. The molecule has 0 bridgehead atoms. The first-order valence-corrected chi connectivity index (χ1v) is 15.0. The molecule has 2 N–H and O–H groups in total. The van der Waals surface area contributed by atoms with Crippen molar-refractivity contribution in [2.45, 2.75) is 44.7 Å². The summed E-state index contributed by atoms with van der Waals surface area (Å²) in [5.74, 6) is 0.709. The fourth-order valence-electron chi connectivity index (χ4n) is 3.57. The summed E-state index contributed by atoms with van der Waals surface area (Å²) in [6.45, 7) is 10.4. The second-order valence-corrected chi connectivity index (χ2v) is 14.7. The van der Waals surface area contributed by atoms with Gasteiger partial charge in [-0.1, -0.05) is 31.6 Å². The highest BCUT2D eigenvalue weighted by molar-refractivity contribution is 8.45. The van der Waals surface area contributed by atoms with Gasteiger partial charge in [-0.15, -0.1) is 0 Å². The monoisotopic (exact) mass is 522 g/mol. The number of rotatable bonds is 7. The molecule has 1 aromatic heterocycles. The van der Waals surface area contributed by atoms with Crippen LogP contribution in [0.2, 0.25) is 0 Å². The van der Waals surface area contributed by atoms with Crippen molar-refractivity contribution in [3.63, 3.8) is 0 Å². The quantitative estimate of drug-likeness (QED) is 0.244. The number of nitrogens with zero attached hydrogens (tertiary/aromatic N) is 2. The van der Waals surface area contributed by atoms with Crippen molar-refractivity contribution in [3.05, 3.63) is 47.8 Å². The molecule has 1 atom stereocenters. The molecular formula is C22H28F5N4OPS. The molecule has 0 aliphatic rings. The highest BCUT2D eigenvalue weighted by Gasteiger charge is 2.65. The van der Waals surface area contributed by atoms with E-state index >= 15 is 0 Å². The molecule has 0 fully saturated rings. The number of aryl methyl sites for hydroxylation is 1. The van der Waals surface area contributed by atoms with E-state index in [1.54, 1.807) is 39.3 Å². The van der Waals surface area contributed by atoms with E-state index in [2.05, 4.69) is 20.6 Å². The van der Waals surface area contributed by atoms with Crippen LogP contribution in [-0.4, -0.2) is 29.3 Å². The number of hydrogen-bond donors (Lipinski definition) is 2. The van der Waals surface area contributed by atoms with E-state index in [-0.39, 0.29) is 11.6 Å². The van der Waals surface area contributed by atoms with Gasteiger partial charge in [0.25, 0.3) is 0 Å². The Morgan fingerprint density at radius 1 is 0.941 bits per heavy atom. The van der Waals surface area contributed by atoms with Crippen LogP contribution < -0.4 is 15.9 Å². The lowest BCUT2D eigenvalue weighted by Gasteiger charge is -2.40. The van der Waals surface area contributed by atoms with Crippen LogP contribution in [0.3, 0.4) is 0 Å². The predicted molar refractivity (Wildman–Crippen MR) is 132 cm³/mol. The number of anilines is 2. The summed E-state index contributed by atoms with van der Waals surface area (Å²) in [5, 5.41) is 7.41. The highest BCUT2D eigenvalue weighted by atomic mass is 32.5. The van der Waals surface area contributed by atoms with Crippen LogP contribution in [-0.2, 0) is 4.57 Å². The average molecular weight is 523 g/mol. The summed E-state index contributed by atoms with van der Waals surface area (Å²) in [4.78, 5) is 6.89. The molecular weight excluding hydrogens is 494 g/mol. The summed E-state index contributed by atoms with van der Waals surface area (Å²) in [6.07, 6.45) is 0. The maximum absolute atomic E-state index is 13.3. The van der Waals surface area contributed by atoms with E-state index in [4.69, 9.17) is 0 Å². The Balaban J connectivity index is 2.11. The minimum absolute atomic E-state index is 0.0186. The standard InChI is InChI=1S/C22H28F5N4OPS/c1-13(2)28-20-12-19-18(11-21(20)33(5,6)32)22(31-15(4)30-19)29-14(3)16-8-7-9-17(10-16)34(23,24,25,26)27/h7-14,28H,1-6H3,(H,29,30,31)/t14-/m1/s1. The van der Waals surface area contributed by atoms with E-state index in [1.807, 2.05) is 13.8 Å². The zero-order chi connectivity index (χ0) is 25.8. The van der Waals surface area contributed by atoms with Gasteiger partial charge in [-0.3, -0.25) is 0 Å². The van der Waals surface area contributed by atoms with Crippen molar-refractivity contribution in [1.82, 2.24) is 9.97 Å². The Kier molecular flexibility index (Phi) is 6.02. The van der Waals surface area contributed by atoms with Gasteiger partial charge in [-0.25, -0.2) is 9.97 Å². The molecule has 3 aromatic rings. The molecule has 0 aliphatic carbocycles. The van der Waals surface area contributed by atoms with Crippen molar-refractivity contribution in [1.29, 1.82) is 0 Å². The summed E-state index contributed by atoms with van der Waals surface area (Å²) >= 11 is 0. The van der Waals surface area contributed by atoms with Crippen molar-refractivity contribution < 1.29 is 24.0 Å². The lowest BCUT2D eigenvalue weighted by Crippen LogP contribution is -2.19. The topological polar surface area (TPSA) is 66.9 Å². The number of benzene rings is 2. The van der Waals surface area contributed by atoms with Crippen LogP contribution in [0.1, 0.15) is 38.2 Å². The molecule has 188 valence electrons. The maximum atomic E-state index is 13.3. The Labute approximate surface area is 195 Å². The molecule has 0 saturated heterocycles. The van der Waals surface area contributed by atoms with E-state index in [9.17, 15) is 24.0 Å². The van der Waals surface area contributed by atoms with E-state index < -0.39 is 28.3 Å². The smallest absolute Gasteiger partial charge is 0.310 e. The molecule has 0 unspecified atom stereocenters. The summed E-state index contributed by atoms with van der Waals surface area (Å²) in [6, 6.07) is 5.88. The Hall–Kier alpha value is -2.39. The minimum Gasteiger partial charge on any atom is -0.382 e. The zero-order valence-corrected chi connectivity index (χ0v) is 21.4. The molecule has 0 radical (unpaired) electrons. The third kappa shape index (κ3) is 5.99. The largest absolute Gasteiger partial charge is 0.382 e.